The maximum absolute atomic E-state index is 12.9. The van der Waals surface area contributed by atoms with Crippen LogP contribution in [0.4, 0.5) is 5.82 Å². The summed E-state index contributed by atoms with van der Waals surface area (Å²) in [5.74, 6) is 1.74. The first-order valence-electron chi connectivity index (χ1n) is 12.2. The second kappa shape index (κ2) is 11.3. The molecule has 0 spiro atoms. The molecule has 2 aromatic heterocycles. The van der Waals surface area contributed by atoms with E-state index in [0.717, 1.165) is 58.5 Å². The lowest BCUT2D eigenvalue weighted by Crippen LogP contribution is -2.43. The molecule has 1 N–H and O–H groups in total. The van der Waals surface area contributed by atoms with Crippen LogP contribution < -0.4 is 15.0 Å². The number of rotatable bonds is 8. The number of methoxy groups -OCH3 is 1. The molecule has 1 aliphatic heterocycles. The van der Waals surface area contributed by atoms with Crippen molar-refractivity contribution in [3.63, 3.8) is 0 Å². The van der Waals surface area contributed by atoms with E-state index in [1.54, 1.807) is 24.8 Å². The quantitative estimate of drug-likeness (QED) is 0.373. The number of piperidine rings is 1. The molecule has 1 saturated heterocycles. The Kier molecular flexibility index (Phi) is 7.52. The molecule has 8 heteroatoms. The molecule has 0 radical (unpaired) electrons. The fourth-order valence-corrected chi connectivity index (χ4v) is 5.29. The maximum atomic E-state index is 12.9. The van der Waals surface area contributed by atoms with Gasteiger partial charge >= 0.3 is 0 Å². The lowest BCUT2D eigenvalue weighted by Gasteiger charge is -2.33. The van der Waals surface area contributed by atoms with Crippen LogP contribution in [0.15, 0.2) is 72.4 Å². The van der Waals surface area contributed by atoms with Gasteiger partial charge in [0, 0.05) is 48.6 Å². The number of benzene rings is 2. The summed E-state index contributed by atoms with van der Waals surface area (Å²) in [4.78, 5) is 28.8. The molecule has 36 heavy (non-hydrogen) atoms. The number of carbonyl (C=O) groups excluding carboxylic acids is 1. The Labute approximate surface area is 215 Å². The molecule has 0 bridgehead atoms. The van der Waals surface area contributed by atoms with E-state index in [0.29, 0.717) is 19.5 Å². The minimum Gasteiger partial charge on any atom is -0.497 e. The van der Waals surface area contributed by atoms with E-state index < -0.39 is 0 Å². The Morgan fingerprint density at radius 1 is 1.11 bits per heavy atom. The Balaban J connectivity index is 1.14. The van der Waals surface area contributed by atoms with Crippen LogP contribution in [0.5, 0.6) is 5.75 Å². The predicted molar refractivity (Wildman–Crippen MR) is 143 cm³/mol. The van der Waals surface area contributed by atoms with E-state index in [-0.39, 0.29) is 11.8 Å². The number of thiazole rings is 1. The zero-order chi connectivity index (χ0) is 24.7. The van der Waals surface area contributed by atoms with E-state index >= 15 is 0 Å². The van der Waals surface area contributed by atoms with Crippen molar-refractivity contribution in [1.29, 1.82) is 0 Å². The van der Waals surface area contributed by atoms with Gasteiger partial charge in [0.15, 0.2) is 0 Å². The topological polar surface area (TPSA) is 80.2 Å². The maximum Gasteiger partial charge on any atom is 0.224 e. The van der Waals surface area contributed by atoms with E-state index in [1.165, 1.54) is 0 Å². The van der Waals surface area contributed by atoms with Gasteiger partial charge in [-0.15, -0.1) is 11.3 Å². The van der Waals surface area contributed by atoms with Gasteiger partial charge in [0.2, 0.25) is 5.91 Å². The van der Waals surface area contributed by atoms with Crippen LogP contribution in [-0.4, -0.2) is 47.6 Å². The van der Waals surface area contributed by atoms with Gasteiger partial charge in [0.1, 0.15) is 22.9 Å². The summed E-state index contributed by atoms with van der Waals surface area (Å²) < 4.78 is 5.22. The standard InChI is InChI=1S/C28H29N5O2S/c1-35-24-11-9-21(10-12-24)28-32-23(18-36-28)13-14-29-27(34)22-8-5-15-33(17-22)26-16-25(30-19-31-26)20-6-3-2-4-7-20/h2-4,6-7,9-12,16,18-19,22H,5,8,13-15,17H2,1H3,(H,29,34). The Bertz CT molecular complexity index is 1290. The second-order valence-corrected chi connectivity index (χ2v) is 9.68. The van der Waals surface area contributed by atoms with Crippen molar-refractivity contribution in [2.24, 2.45) is 5.92 Å². The first kappa shape index (κ1) is 23.9. The number of hydrogen-bond donors (Lipinski definition) is 1. The van der Waals surface area contributed by atoms with E-state index in [9.17, 15) is 4.79 Å². The highest BCUT2D eigenvalue weighted by Gasteiger charge is 2.26. The third kappa shape index (κ3) is 5.71. The molecule has 1 amide bonds. The molecule has 2 aromatic carbocycles. The van der Waals surface area contributed by atoms with Crippen molar-refractivity contribution in [3.8, 4) is 27.6 Å². The van der Waals surface area contributed by atoms with Crippen LogP contribution in [0, 0.1) is 5.92 Å². The molecule has 0 saturated carbocycles. The molecule has 1 fully saturated rings. The molecule has 1 unspecified atom stereocenters. The van der Waals surface area contributed by atoms with Gasteiger partial charge in [-0.05, 0) is 37.1 Å². The third-order valence-electron chi connectivity index (χ3n) is 6.41. The van der Waals surface area contributed by atoms with Crippen LogP contribution >= 0.6 is 11.3 Å². The van der Waals surface area contributed by atoms with Crippen LogP contribution in [0.2, 0.25) is 0 Å². The molecule has 1 aliphatic rings. The van der Waals surface area contributed by atoms with Crippen LogP contribution in [0.25, 0.3) is 21.8 Å². The number of anilines is 1. The van der Waals surface area contributed by atoms with Gasteiger partial charge in [-0.1, -0.05) is 30.3 Å². The fourth-order valence-electron chi connectivity index (χ4n) is 4.43. The Morgan fingerprint density at radius 2 is 1.94 bits per heavy atom. The third-order valence-corrected chi connectivity index (χ3v) is 7.35. The van der Waals surface area contributed by atoms with Gasteiger partial charge in [-0.25, -0.2) is 15.0 Å². The number of amides is 1. The monoisotopic (exact) mass is 499 g/mol. The number of aromatic nitrogens is 3. The number of carbonyl (C=O) groups is 1. The summed E-state index contributed by atoms with van der Waals surface area (Å²) in [6, 6.07) is 20.0. The smallest absolute Gasteiger partial charge is 0.224 e. The van der Waals surface area contributed by atoms with Gasteiger partial charge in [-0.3, -0.25) is 4.79 Å². The average molecular weight is 500 g/mol. The summed E-state index contributed by atoms with van der Waals surface area (Å²) >= 11 is 1.62. The largest absolute Gasteiger partial charge is 0.497 e. The lowest BCUT2D eigenvalue weighted by atomic mass is 9.97. The molecule has 1 atom stereocenters. The van der Waals surface area contributed by atoms with Crippen molar-refractivity contribution in [2.45, 2.75) is 19.3 Å². The summed E-state index contributed by atoms with van der Waals surface area (Å²) in [7, 11) is 1.66. The van der Waals surface area contributed by atoms with Crippen molar-refractivity contribution in [1.82, 2.24) is 20.3 Å². The average Bonchev–Trinajstić information content (AvgIpc) is 3.42. The van der Waals surface area contributed by atoms with Gasteiger partial charge in [0.05, 0.1) is 24.4 Å². The highest BCUT2D eigenvalue weighted by Crippen LogP contribution is 2.27. The first-order valence-corrected chi connectivity index (χ1v) is 13.1. The number of nitrogens with zero attached hydrogens (tertiary/aromatic N) is 4. The Morgan fingerprint density at radius 3 is 2.75 bits per heavy atom. The van der Waals surface area contributed by atoms with Crippen molar-refractivity contribution in [3.05, 3.63) is 78.1 Å². The van der Waals surface area contributed by atoms with Crippen LogP contribution in [0.3, 0.4) is 0 Å². The molecule has 7 nitrogen and oxygen atoms in total. The summed E-state index contributed by atoms with van der Waals surface area (Å²) in [5.41, 5.74) is 4.01. The van der Waals surface area contributed by atoms with Crippen LogP contribution in [-0.2, 0) is 11.2 Å². The molecule has 184 valence electrons. The highest BCUT2D eigenvalue weighted by molar-refractivity contribution is 7.13. The predicted octanol–water partition coefficient (Wildman–Crippen LogP) is 4.85. The van der Waals surface area contributed by atoms with E-state index in [4.69, 9.17) is 9.72 Å². The van der Waals surface area contributed by atoms with Crippen molar-refractivity contribution < 1.29 is 9.53 Å². The molecular formula is C28H29N5O2S. The molecule has 3 heterocycles. The Hall–Kier alpha value is -3.78. The SMILES string of the molecule is COc1ccc(-c2nc(CCNC(=O)C3CCCN(c4cc(-c5ccccc5)ncn4)C3)cs2)cc1. The lowest BCUT2D eigenvalue weighted by molar-refractivity contribution is -0.125. The highest BCUT2D eigenvalue weighted by atomic mass is 32.1. The van der Waals surface area contributed by atoms with Gasteiger partial charge in [0.25, 0.3) is 0 Å². The normalized spacial score (nSPS) is 15.5. The molecule has 0 aliphatic carbocycles. The first-order chi connectivity index (χ1) is 17.7. The molecule has 5 rings (SSSR count). The number of nitrogens with one attached hydrogen (secondary N) is 1. The molecule has 4 aromatic rings. The van der Waals surface area contributed by atoms with Crippen molar-refractivity contribution in [2.75, 3.05) is 31.6 Å². The van der Waals surface area contributed by atoms with Crippen LogP contribution in [0.1, 0.15) is 18.5 Å². The number of hydrogen-bond acceptors (Lipinski definition) is 7. The van der Waals surface area contributed by atoms with Gasteiger partial charge in [-0.2, -0.15) is 0 Å². The van der Waals surface area contributed by atoms with E-state index in [2.05, 4.69) is 25.6 Å². The summed E-state index contributed by atoms with van der Waals surface area (Å²) in [5, 5.41) is 6.16. The van der Waals surface area contributed by atoms with Crippen molar-refractivity contribution >= 4 is 23.1 Å². The molecular weight excluding hydrogens is 470 g/mol. The minimum absolute atomic E-state index is 0.0563. The van der Waals surface area contributed by atoms with Gasteiger partial charge < -0.3 is 15.0 Å². The summed E-state index contributed by atoms with van der Waals surface area (Å²) in [6.07, 6.45) is 4.16. The van der Waals surface area contributed by atoms with E-state index in [1.807, 2.05) is 60.7 Å². The number of ether oxygens (including phenoxy) is 1. The zero-order valence-corrected chi connectivity index (χ0v) is 21.1. The zero-order valence-electron chi connectivity index (χ0n) is 20.3. The minimum atomic E-state index is -0.0563. The fraction of sp³-hybridized carbons (Fsp3) is 0.286. The summed E-state index contributed by atoms with van der Waals surface area (Å²) in [6.45, 7) is 2.13. The second-order valence-electron chi connectivity index (χ2n) is 8.83.